The fraction of sp³-hybridized carbons (Fsp3) is 0.176. The average molecular weight is 735 g/mol. The van der Waals surface area contributed by atoms with Crippen molar-refractivity contribution in [2.75, 3.05) is 21.3 Å². The summed E-state index contributed by atoms with van der Waals surface area (Å²) in [5.41, 5.74) is 11.0. The van der Waals surface area contributed by atoms with Crippen molar-refractivity contribution in [2.45, 2.75) is 37.7 Å². The van der Waals surface area contributed by atoms with Crippen molar-refractivity contribution < 1.29 is 23.4 Å². The molecule has 1 unspecified atom stereocenters. The zero-order valence-electron chi connectivity index (χ0n) is 32.2. The fourth-order valence-corrected chi connectivity index (χ4v) is 9.67. The molecule has 10 rings (SSSR count). The Hall–Kier alpha value is -6.46. The number of fused-ring (bicyclic) bond motifs is 11. The van der Waals surface area contributed by atoms with E-state index < -0.39 is 5.60 Å². The molecular weight excluding hydrogens is 693 g/mol. The third kappa shape index (κ3) is 4.67. The van der Waals surface area contributed by atoms with Gasteiger partial charge in [0.2, 0.25) is 0 Å². The van der Waals surface area contributed by atoms with Gasteiger partial charge in [0.05, 0.1) is 21.3 Å². The van der Waals surface area contributed by atoms with Gasteiger partial charge in [-0.2, -0.15) is 0 Å². The molecule has 2 heterocycles. The molecule has 0 fully saturated rings. The molecule has 1 aliphatic heterocycles. The average Bonchev–Trinajstić information content (AvgIpc) is 3.80. The second kappa shape index (κ2) is 12.8. The van der Waals surface area contributed by atoms with Crippen molar-refractivity contribution in [3.8, 4) is 45.3 Å². The lowest BCUT2D eigenvalue weighted by molar-refractivity contribution is 0.163. The summed E-state index contributed by atoms with van der Waals surface area (Å²) in [6, 6.07) is 44.7. The van der Waals surface area contributed by atoms with Crippen LogP contribution in [0.1, 0.15) is 54.5 Å². The summed E-state index contributed by atoms with van der Waals surface area (Å²) in [4.78, 5) is 0. The minimum atomic E-state index is -0.968. The molecule has 1 aromatic heterocycles. The van der Waals surface area contributed by atoms with Gasteiger partial charge in [-0.15, -0.1) is 0 Å². The first-order valence-corrected chi connectivity index (χ1v) is 19.4. The first-order chi connectivity index (χ1) is 27.5. The summed E-state index contributed by atoms with van der Waals surface area (Å²) in [7, 11) is 5.08. The standard InChI is InChI=1S/C51H42O5/c1-6-50(7-2)42-17-10-8-14-38(42)46-40-29-44(53-4)45(54-5)30-41(40)49-39(47(46)50)27-28-51(56-49,33-23-25-34(52-3)26-24-33)32-21-19-31(20-22-32)35-15-12-16-37-36-13-9-11-18-43(36)55-48(35)37/h8-30H,6-7H2,1-5H3. The summed E-state index contributed by atoms with van der Waals surface area (Å²) >= 11 is 0. The van der Waals surface area contributed by atoms with Crippen LogP contribution in [0.3, 0.4) is 0 Å². The number of hydrogen-bond acceptors (Lipinski definition) is 5. The third-order valence-corrected chi connectivity index (χ3v) is 12.5. The van der Waals surface area contributed by atoms with Crippen LogP contribution in [0.2, 0.25) is 0 Å². The van der Waals surface area contributed by atoms with Crippen LogP contribution in [0.15, 0.2) is 138 Å². The Kier molecular flexibility index (Phi) is 7.79. The highest BCUT2D eigenvalue weighted by molar-refractivity contribution is 6.11. The van der Waals surface area contributed by atoms with Crippen LogP contribution in [0, 0.1) is 0 Å². The molecule has 0 spiro atoms. The Morgan fingerprint density at radius 1 is 0.589 bits per heavy atom. The van der Waals surface area contributed by atoms with Gasteiger partial charge >= 0.3 is 0 Å². The van der Waals surface area contributed by atoms with Gasteiger partial charge in [-0.05, 0) is 82.5 Å². The van der Waals surface area contributed by atoms with E-state index in [1.807, 2.05) is 24.3 Å². The highest BCUT2D eigenvalue weighted by Crippen LogP contribution is 2.61. The predicted octanol–water partition coefficient (Wildman–Crippen LogP) is 12.9. The van der Waals surface area contributed by atoms with Crippen molar-refractivity contribution in [1.29, 1.82) is 0 Å². The van der Waals surface area contributed by atoms with Crippen molar-refractivity contribution in [1.82, 2.24) is 0 Å². The zero-order valence-corrected chi connectivity index (χ0v) is 32.2. The monoisotopic (exact) mass is 734 g/mol. The molecule has 1 aliphatic carbocycles. The lowest BCUT2D eigenvalue weighted by Gasteiger charge is -2.39. The largest absolute Gasteiger partial charge is 0.497 e. The second-order valence-electron chi connectivity index (χ2n) is 14.8. The van der Waals surface area contributed by atoms with Gasteiger partial charge in [-0.3, -0.25) is 0 Å². The quantitative estimate of drug-likeness (QED) is 0.156. The normalized spacial score (nSPS) is 16.4. The van der Waals surface area contributed by atoms with Crippen LogP contribution in [-0.4, -0.2) is 21.3 Å². The highest BCUT2D eigenvalue weighted by atomic mass is 16.5. The van der Waals surface area contributed by atoms with Crippen LogP contribution < -0.4 is 18.9 Å². The number of furan rings is 1. The van der Waals surface area contributed by atoms with Gasteiger partial charge in [0.15, 0.2) is 17.1 Å². The van der Waals surface area contributed by atoms with Gasteiger partial charge in [0, 0.05) is 43.8 Å². The molecule has 0 N–H and O–H groups in total. The summed E-state index contributed by atoms with van der Waals surface area (Å²) in [5, 5.41) is 4.28. The first-order valence-electron chi connectivity index (χ1n) is 19.4. The molecule has 5 heteroatoms. The molecule has 0 amide bonds. The van der Waals surface area contributed by atoms with Gasteiger partial charge < -0.3 is 23.4 Å². The van der Waals surface area contributed by atoms with E-state index >= 15 is 0 Å². The molecule has 0 saturated heterocycles. The number of para-hydroxylation sites is 2. The molecule has 1 atom stereocenters. The highest BCUT2D eigenvalue weighted by Gasteiger charge is 2.47. The van der Waals surface area contributed by atoms with E-state index in [2.05, 4.69) is 129 Å². The van der Waals surface area contributed by atoms with E-state index in [-0.39, 0.29) is 5.41 Å². The van der Waals surface area contributed by atoms with Crippen LogP contribution >= 0.6 is 0 Å². The third-order valence-electron chi connectivity index (χ3n) is 12.5. The summed E-state index contributed by atoms with van der Waals surface area (Å²) in [6.07, 6.45) is 6.47. The minimum Gasteiger partial charge on any atom is -0.497 e. The molecule has 0 bridgehead atoms. The van der Waals surface area contributed by atoms with Gasteiger partial charge in [-0.25, -0.2) is 0 Å². The van der Waals surface area contributed by atoms with E-state index in [0.29, 0.717) is 11.5 Å². The maximum absolute atomic E-state index is 7.67. The minimum absolute atomic E-state index is 0.190. The van der Waals surface area contributed by atoms with E-state index in [1.165, 1.54) is 22.3 Å². The smallest absolute Gasteiger partial charge is 0.178 e. The number of hydrogen-bond donors (Lipinski definition) is 0. The van der Waals surface area contributed by atoms with E-state index in [1.54, 1.807) is 21.3 Å². The lowest BCUT2D eigenvalue weighted by Crippen LogP contribution is -2.35. The van der Waals surface area contributed by atoms with Crippen LogP contribution in [-0.2, 0) is 11.0 Å². The molecule has 276 valence electrons. The Labute approximate surface area is 326 Å². The van der Waals surface area contributed by atoms with Gasteiger partial charge in [-0.1, -0.05) is 117 Å². The topological polar surface area (TPSA) is 50.1 Å². The number of benzene rings is 7. The Balaban J connectivity index is 1.22. The van der Waals surface area contributed by atoms with E-state index in [9.17, 15) is 0 Å². The van der Waals surface area contributed by atoms with Gasteiger partial charge in [0.1, 0.15) is 22.7 Å². The number of ether oxygens (including phenoxy) is 4. The fourth-order valence-electron chi connectivity index (χ4n) is 9.67. The van der Waals surface area contributed by atoms with Crippen molar-refractivity contribution in [3.05, 3.63) is 161 Å². The molecule has 0 radical (unpaired) electrons. The first kappa shape index (κ1) is 34.1. The maximum atomic E-state index is 7.67. The SMILES string of the molecule is CCC1(CC)c2ccccc2-c2c1c1c(c3cc(OC)c(OC)cc23)OC(c2ccc(OC)cc2)(c2ccc(-c3cccc4c3oc3ccccc34)cc2)C=C1. The maximum Gasteiger partial charge on any atom is 0.178 e. The van der Waals surface area contributed by atoms with Gasteiger partial charge in [0.25, 0.3) is 0 Å². The molecule has 2 aliphatic rings. The zero-order chi connectivity index (χ0) is 38.2. The Bertz CT molecular complexity index is 2860. The molecule has 56 heavy (non-hydrogen) atoms. The van der Waals surface area contributed by atoms with Crippen LogP contribution in [0.5, 0.6) is 23.0 Å². The molecule has 5 nitrogen and oxygen atoms in total. The second-order valence-corrected chi connectivity index (χ2v) is 14.8. The molecule has 7 aromatic carbocycles. The Morgan fingerprint density at radius 3 is 1.95 bits per heavy atom. The van der Waals surface area contributed by atoms with Crippen molar-refractivity contribution in [3.63, 3.8) is 0 Å². The van der Waals surface area contributed by atoms with Crippen LogP contribution in [0.25, 0.3) is 61.0 Å². The van der Waals surface area contributed by atoms with E-state index in [4.69, 9.17) is 23.4 Å². The predicted molar refractivity (Wildman–Crippen MR) is 226 cm³/mol. The summed E-state index contributed by atoms with van der Waals surface area (Å²) in [5.74, 6) is 2.95. The van der Waals surface area contributed by atoms with Crippen LogP contribution in [0.4, 0.5) is 0 Å². The van der Waals surface area contributed by atoms with Crippen molar-refractivity contribution in [2.24, 2.45) is 0 Å². The Morgan fingerprint density at radius 2 is 1.23 bits per heavy atom. The summed E-state index contributed by atoms with van der Waals surface area (Å²) in [6.45, 7) is 4.62. The molecule has 8 aromatic rings. The molecule has 0 saturated carbocycles. The lowest BCUT2D eigenvalue weighted by atomic mass is 9.71. The molecular formula is C51H42O5. The number of methoxy groups -OCH3 is 3. The van der Waals surface area contributed by atoms with E-state index in [0.717, 1.165) is 84.9 Å². The van der Waals surface area contributed by atoms with Crippen molar-refractivity contribution >= 4 is 38.8 Å². The number of rotatable bonds is 8. The summed E-state index contributed by atoms with van der Waals surface area (Å²) < 4.78 is 31.6.